The van der Waals surface area contributed by atoms with Crippen LogP contribution in [0.4, 0.5) is 10.1 Å². The van der Waals surface area contributed by atoms with Gasteiger partial charge in [-0.25, -0.2) is 4.39 Å². The van der Waals surface area contributed by atoms with E-state index in [0.29, 0.717) is 19.6 Å². The van der Waals surface area contributed by atoms with Crippen molar-refractivity contribution < 1.29 is 9.18 Å². The highest BCUT2D eigenvalue weighted by atomic mass is 35.5. The van der Waals surface area contributed by atoms with Crippen LogP contribution >= 0.6 is 11.6 Å². The van der Waals surface area contributed by atoms with Gasteiger partial charge in [-0.15, -0.1) is 0 Å². The molecule has 15 heavy (non-hydrogen) atoms. The van der Waals surface area contributed by atoms with E-state index in [4.69, 9.17) is 11.6 Å². The van der Waals surface area contributed by atoms with Gasteiger partial charge in [0.05, 0.1) is 11.6 Å². The molecule has 1 N–H and O–H groups in total. The van der Waals surface area contributed by atoms with Crippen LogP contribution in [0.5, 0.6) is 0 Å². The third-order valence-electron chi connectivity index (χ3n) is 2.31. The Morgan fingerprint density at radius 1 is 1.47 bits per heavy atom. The summed E-state index contributed by atoms with van der Waals surface area (Å²) in [5.41, 5.74) is 0.774. The van der Waals surface area contributed by atoms with Crippen LogP contribution in [-0.4, -0.2) is 25.5 Å². The summed E-state index contributed by atoms with van der Waals surface area (Å²) in [6.07, 6.45) is 0. The Morgan fingerprint density at radius 2 is 2.27 bits per heavy atom. The van der Waals surface area contributed by atoms with Gasteiger partial charge in [0.15, 0.2) is 0 Å². The predicted octanol–water partition coefficient (Wildman–Crippen LogP) is 1.42. The second kappa shape index (κ2) is 4.06. The van der Waals surface area contributed by atoms with Crippen molar-refractivity contribution in [3.63, 3.8) is 0 Å². The van der Waals surface area contributed by atoms with Gasteiger partial charge in [0, 0.05) is 18.8 Å². The van der Waals surface area contributed by atoms with Crippen molar-refractivity contribution in [1.29, 1.82) is 0 Å². The third-order valence-corrected chi connectivity index (χ3v) is 2.60. The first kappa shape index (κ1) is 10.2. The number of hydrogen-bond acceptors (Lipinski definition) is 2. The van der Waals surface area contributed by atoms with Crippen molar-refractivity contribution in [2.45, 2.75) is 0 Å². The quantitative estimate of drug-likeness (QED) is 0.789. The largest absolute Gasteiger partial charge is 0.360 e. The van der Waals surface area contributed by atoms with E-state index in [1.165, 1.54) is 12.1 Å². The van der Waals surface area contributed by atoms with E-state index in [1.807, 2.05) is 4.90 Å². The van der Waals surface area contributed by atoms with Gasteiger partial charge < -0.3 is 10.2 Å². The van der Waals surface area contributed by atoms with E-state index >= 15 is 0 Å². The van der Waals surface area contributed by atoms with E-state index in [0.717, 1.165) is 5.69 Å². The SMILES string of the molecule is O=C1CN(c2ccc(F)c(Cl)c2)CCN1. The third kappa shape index (κ3) is 2.21. The summed E-state index contributed by atoms with van der Waals surface area (Å²) in [6, 6.07) is 4.47. The predicted molar refractivity (Wildman–Crippen MR) is 56.6 cm³/mol. The maximum Gasteiger partial charge on any atom is 0.239 e. The number of nitrogens with zero attached hydrogens (tertiary/aromatic N) is 1. The lowest BCUT2D eigenvalue weighted by Gasteiger charge is -2.28. The van der Waals surface area contributed by atoms with E-state index in [1.54, 1.807) is 6.07 Å². The van der Waals surface area contributed by atoms with Crippen molar-refractivity contribution in [2.24, 2.45) is 0 Å². The number of nitrogens with one attached hydrogen (secondary N) is 1. The molecule has 1 fully saturated rings. The fourth-order valence-electron chi connectivity index (χ4n) is 1.54. The fraction of sp³-hybridized carbons (Fsp3) is 0.300. The van der Waals surface area contributed by atoms with E-state index < -0.39 is 5.82 Å². The highest BCUT2D eigenvalue weighted by molar-refractivity contribution is 6.31. The Morgan fingerprint density at radius 3 is 2.93 bits per heavy atom. The zero-order valence-electron chi connectivity index (χ0n) is 7.96. The lowest BCUT2D eigenvalue weighted by molar-refractivity contribution is -0.120. The molecule has 0 spiro atoms. The number of hydrogen-bond donors (Lipinski definition) is 1. The molecule has 0 bridgehead atoms. The van der Waals surface area contributed by atoms with Crippen LogP contribution in [0.3, 0.4) is 0 Å². The number of anilines is 1. The molecule has 1 heterocycles. The number of amides is 1. The van der Waals surface area contributed by atoms with Crippen LogP contribution < -0.4 is 10.2 Å². The normalized spacial score (nSPS) is 16.4. The van der Waals surface area contributed by atoms with Gasteiger partial charge in [-0.1, -0.05) is 11.6 Å². The second-order valence-electron chi connectivity index (χ2n) is 3.37. The molecule has 0 aromatic heterocycles. The van der Waals surface area contributed by atoms with Crippen molar-refractivity contribution in [1.82, 2.24) is 5.32 Å². The molecule has 0 atom stereocenters. The number of carbonyl (C=O) groups excluding carboxylic acids is 1. The first-order valence-electron chi connectivity index (χ1n) is 4.63. The summed E-state index contributed by atoms with van der Waals surface area (Å²) in [5.74, 6) is -0.469. The molecule has 3 nitrogen and oxygen atoms in total. The van der Waals surface area contributed by atoms with Gasteiger partial charge in [0.1, 0.15) is 5.82 Å². The van der Waals surface area contributed by atoms with Crippen molar-refractivity contribution in [2.75, 3.05) is 24.5 Å². The van der Waals surface area contributed by atoms with Gasteiger partial charge in [-0.2, -0.15) is 0 Å². The minimum atomic E-state index is -0.443. The van der Waals surface area contributed by atoms with Crippen molar-refractivity contribution in [3.8, 4) is 0 Å². The Balaban J connectivity index is 2.21. The van der Waals surface area contributed by atoms with Crippen molar-refractivity contribution in [3.05, 3.63) is 29.0 Å². The first-order valence-corrected chi connectivity index (χ1v) is 5.01. The number of halogens is 2. The van der Waals surface area contributed by atoms with Crippen LogP contribution in [0.2, 0.25) is 5.02 Å². The Hall–Kier alpha value is -1.29. The minimum absolute atomic E-state index is 0.0262. The molecule has 1 aliphatic heterocycles. The highest BCUT2D eigenvalue weighted by Gasteiger charge is 2.16. The van der Waals surface area contributed by atoms with E-state index in [9.17, 15) is 9.18 Å². The molecule has 0 aliphatic carbocycles. The van der Waals surface area contributed by atoms with E-state index in [-0.39, 0.29) is 10.9 Å². The highest BCUT2D eigenvalue weighted by Crippen LogP contribution is 2.22. The van der Waals surface area contributed by atoms with Crippen LogP contribution in [0, 0.1) is 5.82 Å². The van der Waals surface area contributed by atoms with Gasteiger partial charge in [0.25, 0.3) is 0 Å². The lowest BCUT2D eigenvalue weighted by Crippen LogP contribution is -2.47. The summed E-state index contributed by atoms with van der Waals surface area (Å²) in [4.78, 5) is 13.0. The summed E-state index contributed by atoms with van der Waals surface area (Å²) >= 11 is 5.67. The van der Waals surface area contributed by atoms with Crippen LogP contribution in [0.25, 0.3) is 0 Å². The molecule has 0 saturated carbocycles. The van der Waals surface area contributed by atoms with Crippen LogP contribution in [0.1, 0.15) is 0 Å². The molecule has 1 amide bonds. The smallest absolute Gasteiger partial charge is 0.239 e. The molecule has 5 heteroatoms. The average molecular weight is 229 g/mol. The number of rotatable bonds is 1. The molecule has 0 unspecified atom stereocenters. The zero-order valence-corrected chi connectivity index (χ0v) is 8.72. The van der Waals surface area contributed by atoms with Gasteiger partial charge in [-0.3, -0.25) is 4.79 Å². The minimum Gasteiger partial charge on any atom is -0.360 e. The Labute approximate surface area is 91.8 Å². The maximum atomic E-state index is 12.9. The molecule has 80 valence electrons. The monoisotopic (exact) mass is 228 g/mol. The molecule has 1 saturated heterocycles. The Kier molecular flexibility index (Phi) is 2.77. The van der Waals surface area contributed by atoms with Gasteiger partial charge in [-0.05, 0) is 18.2 Å². The number of benzene rings is 1. The first-order chi connectivity index (χ1) is 7.16. The number of piperazine rings is 1. The molecule has 1 aromatic rings. The summed E-state index contributed by atoms with van der Waals surface area (Å²) < 4.78 is 12.9. The average Bonchev–Trinajstić information content (AvgIpc) is 2.22. The molecule has 1 aromatic carbocycles. The van der Waals surface area contributed by atoms with Crippen molar-refractivity contribution >= 4 is 23.2 Å². The molecular formula is C10H10ClFN2O. The molecule has 1 aliphatic rings. The second-order valence-corrected chi connectivity index (χ2v) is 3.78. The molecule has 2 rings (SSSR count). The van der Waals surface area contributed by atoms with E-state index in [2.05, 4.69) is 5.32 Å². The lowest BCUT2D eigenvalue weighted by atomic mass is 10.2. The maximum absolute atomic E-state index is 12.9. The summed E-state index contributed by atoms with van der Waals surface area (Å²) in [5, 5.41) is 2.80. The fourth-order valence-corrected chi connectivity index (χ4v) is 1.72. The summed E-state index contributed by atoms with van der Waals surface area (Å²) in [6.45, 7) is 1.61. The topological polar surface area (TPSA) is 32.3 Å². The zero-order chi connectivity index (χ0) is 10.8. The number of carbonyl (C=O) groups is 1. The Bertz CT molecular complexity index is 397. The standard InChI is InChI=1S/C10H10ClFN2O/c11-8-5-7(1-2-9(8)12)14-4-3-13-10(15)6-14/h1-2,5H,3-4,6H2,(H,13,15). The van der Waals surface area contributed by atoms with Crippen LogP contribution in [-0.2, 0) is 4.79 Å². The summed E-state index contributed by atoms with van der Waals surface area (Å²) in [7, 11) is 0. The van der Waals surface area contributed by atoms with Gasteiger partial charge in [0.2, 0.25) is 5.91 Å². The van der Waals surface area contributed by atoms with Crippen LogP contribution in [0.15, 0.2) is 18.2 Å². The van der Waals surface area contributed by atoms with Gasteiger partial charge >= 0.3 is 0 Å². The molecular weight excluding hydrogens is 219 g/mol. The molecule has 0 radical (unpaired) electrons.